The molecule has 146 valence electrons. The number of carbonyl (C=O) groups is 1. The van der Waals surface area contributed by atoms with Crippen LogP contribution < -0.4 is 5.32 Å². The van der Waals surface area contributed by atoms with Crippen LogP contribution in [0, 0.1) is 13.8 Å². The van der Waals surface area contributed by atoms with Crippen molar-refractivity contribution in [2.45, 2.75) is 24.8 Å². The quantitative estimate of drug-likeness (QED) is 0.466. The van der Waals surface area contributed by atoms with Gasteiger partial charge in [-0.15, -0.1) is 10.2 Å². The molecule has 0 aliphatic heterocycles. The summed E-state index contributed by atoms with van der Waals surface area (Å²) in [6, 6.07) is 15.9. The molecule has 6 nitrogen and oxygen atoms in total. The Hall–Kier alpha value is -2.64. The average molecular weight is 397 g/mol. The molecule has 0 aliphatic carbocycles. The van der Waals surface area contributed by atoms with Crippen LogP contribution >= 0.6 is 11.8 Å². The van der Waals surface area contributed by atoms with E-state index in [1.165, 1.54) is 5.56 Å². The third-order valence-corrected chi connectivity index (χ3v) is 5.26. The standard InChI is InChI=1S/C21H24N4O2S/c1-15-4-10-19(11-5-15)25-16(2)23-24-21(25)28-14-17-6-8-18(9-7-17)20(26)22-12-13-27-3/h4-11H,12-14H2,1-3H3,(H,22,26). The highest BCUT2D eigenvalue weighted by Crippen LogP contribution is 2.25. The predicted octanol–water partition coefficient (Wildman–Crippen LogP) is 3.55. The van der Waals surface area contributed by atoms with Gasteiger partial charge >= 0.3 is 0 Å². The lowest BCUT2D eigenvalue weighted by Crippen LogP contribution is -2.26. The van der Waals surface area contributed by atoms with Gasteiger partial charge in [0.05, 0.1) is 6.61 Å². The molecule has 0 spiro atoms. The van der Waals surface area contributed by atoms with E-state index in [9.17, 15) is 4.79 Å². The first-order chi connectivity index (χ1) is 13.6. The summed E-state index contributed by atoms with van der Waals surface area (Å²) < 4.78 is 7.00. The molecule has 3 aromatic rings. The fourth-order valence-corrected chi connectivity index (χ4v) is 3.65. The van der Waals surface area contributed by atoms with Gasteiger partial charge in [0.15, 0.2) is 5.16 Å². The molecule has 0 saturated carbocycles. The molecule has 2 aromatic carbocycles. The molecule has 0 fully saturated rings. The number of benzene rings is 2. The molecule has 1 amide bonds. The fourth-order valence-electron chi connectivity index (χ4n) is 2.70. The molecule has 0 aliphatic rings. The van der Waals surface area contributed by atoms with Crippen molar-refractivity contribution >= 4 is 17.7 Å². The lowest BCUT2D eigenvalue weighted by atomic mass is 10.1. The molecule has 0 saturated heterocycles. The van der Waals surface area contributed by atoms with Crippen molar-refractivity contribution in [3.63, 3.8) is 0 Å². The number of thioether (sulfide) groups is 1. The molecule has 1 aromatic heterocycles. The number of carbonyl (C=O) groups excluding carboxylic acids is 1. The van der Waals surface area contributed by atoms with Crippen molar-refractivity contribution in [2.24, 2.45) is 0 Å². The zero-order chi connectivity index (χ0) is 19.9. The van der Waals surface area contributed by atoms with E-state index in [0.29, 0.717) is 18.7 Å². The minimum atomic E-state index is -0.0917. The Kier molecular flexibility index (Phi) is 6.84. The number of nitrogens with one attached hydrogen (secondary N) is 1. The molecular weight excluding hydrogens is 372 g/mol. The van der Waals surface area contributed by atoms with Crippen LogP contribution in [-0.2, 0) is 10.5 Å². The average Bonchev–Trinajstić information content (AvgIpc) is 3.08. The Labute approximate surface area is 169 Å². The summed E-state index contributed by atoms with van der Waals surface area (Å²) in [4.78, 5) is 12.0. The van der Waals surface area contributed by atoms with Crippen molar-refractivity contribution in [3.8, 4) is 5.69 Å². The van der Waals surface area contributed by atoms with E-state index < -0.39 is 0 Å². The maximum atomic E-state index is 12.0. The van der Waals surface area contributed by atoms with Crippen LogP contribution in [0.25, 0.3) is 5.69 Å². The van der Waals surface area contributed by atoms with Crippen molar-refractivity contribution in [3.05, 3.63) is 71.0 Å². The summed E-state index contributed by atoms with van der Waals surface area (Å²) in [5.74, 6) is 1.51. The molecule has 0 radical (unpaired) electrons. The fraction of sp³-hybridized carbons (Fsp3) is 0.286. The highest BCUT2D eigenvalue weighted by molar-refractivity contribution is 7.98. The number of aryl methyl sites for hydroxylation is 2. The van der Waals surface area contributed by atoms with Crippen LogP contribution in [0.15, 0.2) is 53.7 Å². The topological polar surface area (TPSA) is 69.0 Å². The molecule has 3 rings (SSSR count). The summed E-state index contributed by atoms with van der Waals surface area (Å²) in [6.07, 6.45) is 0. The molecule has 0 unspecified atom stereocenters. The van der Waals surface area contributed by atoms with Gasteiger partial charge < -0.3 is 10.1 Å². The van der Waals surface area contributed by atoms with Crippen LogP contribution in [0.5, 0.6) is 0 Å². The minimum absolute atomic E-state index is 0.0917. The number of hydrogen-bond acceptors (Lipinski definition) is 5. The van der Waals surface area contributed by atoms with Crippen molar-refractivity contribution < 1.29 is 9.53 Å². The number of nitrogens with zero attached hydrogens (tertiary/aromatic N) is 3. The highest BCUT2D eigenvalue weighted by atomic mass is 32.2. The summed E-state index contributed by atoms with van der Waals surface area (Å²) in [5.41, 5.74) is 4.03. The van der Waals surface area contributed by atoms with Gasteiger partial charge in [-0.3, -0.25) is 9.36 Å². The Morgan fingerprint density at radius 3 is 2.46 bits per heavy atom. The van der Waals surface area contributed by atoms with Crippen LogP contribution in [0.4, 0.5) is 0 Å². The van der Waals surface area contributed by atoms with Gasteiger partial charge in [-0.1, -0.05) is 41.6 Å². The molecule has 1 N–H and O–H groups in total. The first kappa shape index (κ1) is 20.1. The lowest BCUT2D eigenvalue weighted by molar-refractivity contribution is 0.0937. The monoisotopic (exact) mass is 396 g/mol. The van der Waals surface area contributed by atoms with Gasteiger partial charge in [-0.2, -0.15) is 0 Å². The maximum Gasteiger partial charge on any atom is 0.251 e. The normalized spacial score (nSPS) is 10.8. The number of hydrogen-bond donors (Lipinski definition) is 1. The zero-order valence-corrected chi connectivity index (χ0v) is 17.1. The van der Waals surface area contributed by atoms with E-state index in [1.807, 2.05) is 31.2 Å². The van der Waals surface area contributed by atoms with E-state index in [4.69, 9.17) is 4.74 Å². The van der Waals surface area contributed by atoms with E-state index in [1.54, 1.807) is 18.9 Å². The minimum Gasteiger partial charge on any atom is -0.383 e. The first-order valence-electron chi connectivity index (χ1n) is 9.06. The Bertz CT molecular complexity index is 921. The van der Waals surface area contributed by atoms with Gasteiger partial charge in [0.25, 0.3) is 5.91 Å². The third kappa shape index (κ3) is 4.99. The van der Waals surface area contributed by atoms with Crippen LogP contribution in [-0.4, -0.2) is 40.9 Å². The molecule has 28 heavy (non-hydrogen) atoms. The Balaban J connectivity index is 1.65. The van der Waals surface area contributed by atoms with Crippen LogP contribution in [0.2, 0.25) is 0 Å². The van der Waals surface area contributed by atoms with Crippen LogP contribution in [0.1, 0.15) is 27.3 Å². The summed E-state index contributed by atoms with van der Waals surface area (Å²) in [6.45, 7) is 5.02. The number of ether oxygens (including phenoxy) is 1. The van der Waals surface area contributed by atoms with Gasteiger partial charge in [0.2, 0.25) is 0 Å². The van der Waals surface area contributed by atoms with Gasteiger partial charge in [-0.05, 0) is 43.7 Å². The largest absolute Gasteiger partial charge is 0.383 e. The number of aromatic nitrogens is 3. The van der Waals surface area contributed by atoms with E-state index in [0.717, 1.165) is 28.0 Å². The lowest BCUT2D eigenvalue weighted by Gasteiger charge is -2.09. The summed E-state index contributed by atoms with van der Waals surface area (Å²) in [5, 5.41) is 12.2. The Morgan fingerprint density at radius 1 is 1.07 bits per heavy atom. The SMILES string of the molecule is COCCNC(=O)c1ccc(CSc2nnc(C)n2-c2ccc(C)cc2)cc1. The number of methoxy groups -OCH3 is 1. The smallest absolute Gasteiger partial charge is 0.251 e. The van der Waals surface area contributed by atoms with E-state index in [2.05, 4.69) is 51.3 Å². The third-order valence-electron chi connectivity index (χ3n) is 4.26. The second kappa shape index (κ2) is 9.52. The molecule has 1 heterocycles. The van der Waals surface area contributed by atoms with Gasteiger partial charge in [0, 0.05) is 30.7 Å². The molecule has 0 atom stereocenters. The summed E-state index contributed by atoms with van der Waals surface area (Å²) in [7, 11) is 1.61. The zero-order valence-electron chi connectivity index (χ0n) is 16.3. The van der Waals surface area contributed by atoms with Crippen molar-refractivity contribution in [1.29, 1.82) is 0 Å². The van der Waals surface area contributed by atoms with E-state index >= 15 is 0 Å². The molecule has 0 bridgehead atoms. The predicted molar refractivity (Wildman–Crippen MR) is 111 cm³/mol. The molecule has 7 heteroatoms. The highest BCUT2D eigenvalue weighted by Gasteiger charge is 2.12. The maximum absolute atomic E-state index is 12.0. The number of amides is 1. The van der Waals surface area contributed by atoms with Gasteiger partial charge in [-0.25, -0.2) is 0 Å². The van der Waals surface area contributed by atoms with Gasteiger partial charge in [0.1, 0.15) is 5.82 Å². The second-order valence-electron chi connectivity index (χ2n) is 6.44. The summed E-state index contributed by atoms with van der Waals surface area (Å²) >= 11 is 1.62. The first-order valence-corrected chi connectivity index (χ1v) is 10.0. The van der Waals surface area contributed by atoms with Crippen molar-refractivity contribution in [1.82, 2.24) is 20.1 Å². The second-order valence-corrected chi connectivity index (χ2v) is 7.38. The van der Waals surface area contributed by atoms with Crippen molar-refractivity contribution in [2.75, 3.05) is 20.3 Å². The van der Waals surface area contributed by atoms with Crippen LogP contribution in [0.3, 0.4) is 0 Å². The number of rotatable bonds is 8. The van der Waals surface area contributed by atoms with E-state index in [-0.39, 0.29) is 5.91 Å². The Morgan fingerprint density at radius 2 is 1.79 bits per heavy atom. The molecular formula is C21H24N4O2S.